The van der Waals surface area contributed by atoms with Crippen LogP contribution in [0.1, 0.15) is 49.2 Å². The van der Waals surface area contributed by atoms with Gasteiger partial charge in [-0.15, -0.1) is 0 Å². The van der Waals surface area contributed by atoms with Gasteiger partial charge in [-0.1, -0.05) is 0 Å². The van der Waals surface area contributed by atoms with E-state index in [-0.39, 0.29) is 11.5 Å². The van der Waals surface area contributed by atoms with E-state index < -0.39 is 5.97 Å². The second-order valence-corrected chi connectivity index (χ2v) is 5.41. The molecule has 2 rings (SSSR count). The van der Waals surface area contributed by atoms with E-state index in [4.69, 9.17) is 4.74 Å². The van der Waals surface area contributed by atoms with Gasteiger partial charge in [0.15, 0.2) is 0 Å². The maximum Gasteiger partial charge on any atom is 0.339 e. The molecule has 0 radical (unpaired) electrons. The Labute approximate surface area is 100 Å². The SMILES string of the molecule is CC(C)(C)n1cc(C(=O)O)c(C2CCOC2)n1. The van der Waals surface area contributed by atoms with Crippen molar-refractivity contribution < 1.29 is 14.6 Å². The fourth-order valence-corrected chi connectivity index (χ4v) is 1.95. The van der Waals surface area contributed by atoms with Gasteiger partial charge in [0, 0.05) is 18.7 Å². The number of aromatic nitrogens is 2. The van der Waals surface area contributed by atoms with Crippen molar-refractivity contribution in [1.82, 2.24) is 9.78 Å². The summed E-state index contributed by atoms with van der Waals surface area (Å²) in [4.78, 5) is 11.2. The number of hydrogen-bond donors (Lipinski definition) is 1. The van der Waals surface area contributed by atoms with E-state index >= 15 is 0 Å². The Balaban J connectivity index is 2.42. The van der Waals surface area contributed by atoms with Crippen LogP contribution in [0.25, 0.3) is 0 Å². The lowest BCUT2D eigenvalue weighted by molar-refractivity contribution is 0.0695. The van der Waals surface area contributed by atoms with Crippen LogP contribution in [0, 0.1) is 0 Å². The summed E-state index contributed by atoms with van der Waals surface area (Å²) >= 11 is 0. The van der Waals surface area contributed by atoms with Crippen LogP contribution in [0.5, 0.6) is 0 Å². The molecule has 0 bridgehead atoms. The summed E-state index contributed by atoms with van der Waals surface area (Å²) in [5, 5.41) is 13.7. The van der Waals surface area contributed by atoms with Crippen molar-refractivity contribution in [3.63, 3.8) is 0 Å². The third-order valence-corrected chi connectivity index (χ3v) is 2.98. The Kier molecular flexibility index (Phi) is 2.95. The van der Waals surface area contributed by atoms with E-state index in [0.717, 1.165) is 6.42 Å². The van der Waals surface area contributed by atoms with Gasteiger partial charge in [-0.25, -0.2) is 4.79 Å². The summed E-state index contributed by atoms with van der Waals surface area (Å²) in [7, 11) is 0. The minimum Gasteiger partial charge on any atom is -0.478 e. The van der Waals surface area contributed by atoms with Crippen molar-refractivity contribution in [3.8, 4) is 0 Å². The third-order valence-electron chi connectivity index (χ3n) is 2.98. The Hall–Kier alpha value is -1.36. The van der Waals surface area contributed by atoms with Gasteiger partial charge in [0.05, 0.1) is 17.8 Å². The number of nitrogens with zero attached hydrogens (tertiary/aromatic N) is 2. The molecule has 94 valence electrons. The summed E-state index contributed by atoms with van der Waals surface area (Å²) in [5.41, 5.74) is 0.752. The van der Waals surface area contributed by atoms with Gasteiger partial charge < -0.3 is 9.84 Å². The van der Waals surface area contributed by atoms with Crippen LogP contribution in [0.2, 0.25) is 0 Å². The molecule has 17 heavy (non-hydrogen) atoms. The fourth-order valence-electron chi connectivity index (χ4n) is 1.95. The number of carboxylic acids is 1. The Bertz CT molecular complexity index is 425. The van der Waals surface area contributed by atoms with Crippen LogP contribution >= 0.6 is 0 Å². The number of hydrogen-bond acceptors (Lipinski definition) is 3. The summed E-state index contributed by atoms with van der Waals surface area (Å²) in [5.74, 6) is -0.799. The predicted octanol–water partition coefficient (Wildman–Crippen LogP) is 1.84. The molecule has 0 saturated carbocycles. The first-order valence-electron chi connectivity index (χ1n) is 5.80. The Morgan fingerprint density at radius 2 is 2.29 bits per heavy atom. The topological polar surface area (TPSA) is 64.4 Å². The monoisotopic (exact) mass is 238 g/mol. The maximum atomic E-state index is 11.2. The zero-order valence-corrected chi connectivity index (χ0v) is 10.4. The van der Waals surface area contributed by atoms with Gasteiger partial charge in [0.2, 0.25) is 0 Å². The standard InChI is InChI=1S/C12H18N2O3/c1-12(2,3)14-6-9(11(15)16)10(13-14)8-4-5-17-7-8/h6,8H,4-5,7H2,1-3H3,(H,15,16). The van der Waals surface area contributed by atoms with Crippen LogP contribution in [0.4, 0.5) is 0 Å². The Morgan fingerprint density at radius 1 is 1.59 bits per heavy atom. The van der Waals surface area contributed by atoms with Crippen LogP contribution in [0.3, 0.4) is 0 Å². The van der Waals surface area contributed by atoms with Crippen LogP contribution in [0.15, 0.2) is 6.20 Å². The predicted molar refractivity (Wildman–Crippen MR) is 62.4 cm³/mol. The van der Waals surface area contributed by atoms with E-state index in [1.165, 1.54) is 0 Å². The van der Waals surface area contributed by atoms with E-state index in [2.05, 4.69) is 5.10 Å². The third kappa shape index (κ3) is 2.34. The number of ether oxygens (including phenoxy) is 1. The minimum absolute atomic E-state index is 0.115. The van der Waals surface area contributed by atoms with Crippen molar-refractivity contribution in [2.45, 2.75) is 38.6 Å². The normalized spacial score (nSPS) is 20.8. The quantitative estimate of drug-likeness (QED) is 0.853. The molecule has 1 aliphatic heterocycles. The molecule has 2 heterocycles. The molecule has 1 atom stereocenters. The molecule has 1 aromatic rings. The Morgan fingerprint density at radius 3 is 2.76 bits per heavy atom. The average molecular weight is 238 g/mol. The van der Waals surface area contributed by atoms with Gasteiger partial charge >= 0.3 is 5.97 Å². The van der Waals surface area contributed by atoms with Crippen LogP contribution in [-0.4, -0.2) is 34.1 Å². The molecule has 5 nitrogen and oxygen atoms in total. The summed E-state index contributed by atoms with van der Waals surface area (Å²) in [6.07, 6.45) is 2.47. The van der Waals surface area contributed by atoms with Crippen molar-refractivity contribution in [2.75, 3.05) is 13.2 Å². The second kappa shape index (κ2) is 4.14. The molecule has 1 aromatic heterocycles. The molecule has 0 amide bonds. The van der Waals surface area contributed by atoms with Crippen molar-refractivity contribution in [2.24, 2.45) is 0 Å². The largest absolute Gasteiger partial charge is 0.478 e. The van der Waals surface area contributed by atoms with E-state index in [9.17, 15) is 9.90 Å². The van der Waals surface area contributed by atoms with Crippen LogP contribution < -0.4 is 0 Å². The molecule has 0 aliphatic carbocycles. The van der Waals surface area contributed by atoms with Crippen LogP contribution in [-0.2, 0) is 10.3 Å². The summed E-state index contributed by atoms with van der Waals surface area (Å²) in [6, 6.07) is 0. The van der Waals surface area contributed by atoms with E-state index in [0.29, 0.717) is 24.5 Å². The smallest absolute Gasteiger partial charge is 0.339 e. The lowest BCUT2D eigenvalue weighted by Crippen LogP contribution is -2.22. The highest BCUT2D eigenvalue weighted by atomic mass is 16.5. The second-order valence-electron chi connectivity index (χ2n) is 5.41. The molecule has 1 saturated heterocycles. The molecule has 1 fully saturated rings. The van der Waals surface area contributed by atoms with E-state index in [1.54, 1.807) is 10.9 Å². The molecule has 1 N–H and O–H groups in total. The lowest BCUT2D eigenvalue weighted by atomic mass is 10.0. The lowest BCUT2D eigenvalue weighted by Gasteiger charge is -2.19. The first-order chi connectivity index (χ1) is 7.89. The number of carboxylic acid groups (broad SMARTS) is 1. The highest BCUT2D eigenvalue weighted by Crippen LogP contribution is 2.28. The molecule has 1 unspecified atom stereocenters. The molecular formula is C12H18N2O3. The van der Waals surface area contributed by atoms with Gasteiger partial charge in [0.1, 0.15) is 5.56 Å². The molecular weight excluding hydrogens is 220 g/mol. The number of rotatable bonds is 2. The van der Waals surface area contributed by atoms with Gasteiger partial charge in [-0.05, 0) is 27.2 Å². The molecule has 0 spiro atoms. The zero-order chi connectivity index (χ0) is 12.6. The highest BCUT2D eigenvalue weighted by molar-refractivity contribution is 5.88. The molecule has 0 aromatic carbocycles. The number of carbonyl (C=O) groups is 1. The molecule has 1 aliphatic rings. The van der Waals surface area contributed by atoms with Crippen molar-refractivity contribution in [3.05, 3.63) is 17.5 Å². The van der Waals surface area contributed by atoms with Crippen molar-refractivity contribution in [1.29, 1.82) is 0 Å². The minimum atomic E-state index is -0.914. The first kappa shape index (κ1) is 12.1. The number of aromatic carboxylic acids is 1. The van der Waals surface area contributed by atoms with E-state index in [1.807, 2.05) is 20.8 Å². The zero-order valence-electron chi connectivity index (χ0n) is 10.4. The van der Waals surface area contributed by atoms with Gasteiger partial charge in [-0.3, -0.25) is 4.68 Å². The van der Waals surface area contributed by atoms with Gasteiger partial charge in [0.25, 0.3) is 0 Å². The van der Waals surface area contributed by atoms with Crippen molar-refractivity contribution >= 4 is 5.97 Å². The molecule has 5 heteroatoms. The van der Waals surface area contributed by atoms with Gasteiger partial charge in [-0.2, -0.15) is 5.10 Å². The summed E-state index contributed by atoms with van der Waals surface area (Å²) in [6.45, 7) is 7.26. The maximum absolute atomic E-state index is 11.2. The highest BCUT2D eigenvalue weighted by Gasteiger charge is 2.28. The average Bonchev–Trinajstić information content (AvgIpc) is 2.85. The fraction of sp³-hybridized carbons (Fsp3) is 0.667. The summed E-state index contributed by atoms with van der Waals surface area (Å²) < 4.78 is 7.03. The first-order valence-corrected chi connectivity index (χ1v) is 5.80.